The van der Waals surface area contributed by atoms with Crippen molar-refractivity contribution in [1.29, 1.82) is 0 Å². The Morgan fingerprint density at radius 1 is 1.31 bits per heavy atom. The number of anilines is 2. The van der Waals surface area contributed by atoms with Crippen molar-refractivity contribution in [2.24, 2.45) is 0 Å². The minimum Gasteiger partial charge on any atom is -0.370 e. The van der Waals surface area contributed by atoms with Crippen LogP contribution in [0.2, 0.25) is 0 Å². The van der Waals surface area contributed by atoms with Gasteiger partial charge in [0.05, 0.1) is 11.4 Å². The molecule has 0 bridgehead atoms. The Morgan fingerprint density at radius 2 is 2.00 bits per heavy atom. The Balaban J connectivity index is 2.47. The highest BCUT2D eigenvalue weighted by molar-refractivity contribution is 6.07. The molecule has 86 valence electrons. The van der Waals surface area contributed by atoms with Crippen LogP contribution in [-0.4, -0.2) is 18.0 Å². The van der Waals surface area contributed by atoms with Crippen molar-refractivity contribution in [1.82, 2.24) is 0 Å². The van der Waals surface area contributed by atoms with E-state index in [2.05, 4.69) is 12.2 Å². The molecule has 0 saturated carbocycles. The van der Waals surface area contributed by atoms with Gasteiger partial charge in [-0.1, -0.05) is 19.1 Å². The predicted molar refractivity (Wildman–Crippen MR) is 66.8 cm³/mol. The number of nitrogens with zero attached hydrogens (tertiary/aromatic N) is 1. The zero-order valence-corrected chi connectivity index (χ0v) is 10.1. The van der Waals surface area contributed by atoms with Gasteiger partial charge < -0.3 is 10.2 Å². The van der Waals surface area contributed by atoms with Crippen LogP contribution in [0.5, 0.6) is 0 Å². The maximum atomic E-state index is 12.3. The topological polar surface area (TPSA) is 32.3 Å². The monoisotopic (exact) mass is 218 g/mol. The third kappa shape index (κ3) is 1.66. The number of nitrogens with one attached hydrogen (secondary N) is 1. The van der Waals surface area contributed by atoms with E-state index >= 15 is 0 Å². The van der Waals surface area contributed by atoms with Crippen LogP contribution in [0, 0.1) is 0 Å². The SMILES string of the molecule is CCCN1C(=O)C(C)(C)Nc2ccccc21. The van der Waals surface area contributed by atoms with Gasteiger partial charge in [0.1, 0.15) is 5.54 Å². The number of carbonyl (C=O) groups excluding carboxylic acids is 1. The number of fused-ring (bicyclic) bond motifs is 1. The number of benzene rings is 1. The fraction of sp³-hybridized carbons (Fsp3) is 0.462. The summed E-state index contributed by atoms with van der Waals surface area (Å²) in [6.45, 7) is 6.72. The Kier molecular flexibility index (Phi) is 2.62. The summed E-state index contributed by atoms with van der Waals surface area (Å²) in [4.78, 5) is 14.1. The van der Waals surface area contributed by atoms with Crippen LogP contribution >= 0.6 is 0 Å². The smallest absolute Gasteiger partial charge is 0.252 e. The van der Waals surface area contributed by atoms with E-state index < -0.39 is 5.54 Å². The normalized spacial score (nSPS) is 17.9. The van der Waals surface area contributed by atoms with Gasteiger partial charge in [-0.05, 0) is 32.4 Å². The van der Waals surface area contributed by atoms with E-state index in [4.69, 9.17) is 0 Å². The third-order valence-corrected chi connectivity index (χ3v) is 2.87. The second-order valence-electron chi connectivity index (χ2n) is 4.72. The predicted octanol–water partition coefficient (Wildman–Crippen LogP) is 2.63. The van der Waals surface area contributed by atoms with Crippen LogP contribution in [0.25, 0.3) is 0 Å². The van der Waals surface area contributed by atoms with Gasteiger partial charge in [-0.2, -0.15) is 0 Å². The lowest BCUT2D eigenvalue weighted by Crippen LogP contribution is -2.54. The summed E-state index contributed by atoms with van der Waals surface area (Å²) >= 11 is 0. The average Bonchev–Trinajstić information content (AvgIpc) is 2.24. The molecule has 16 heavy (non-hydrogen) atoms. The molecule has 1 heterocycles. The van der Waals surface area contributed by atoms with E-state index in [9.17, 15) is 4.79 Å². The molecule has 1 aliphatic rings. The van der Waals surface area contributed by atoms with E-state index in [1.54, 1.807) is 0 Å². The molecule has 1 N–H and O–H groups in total. The zero-order chi connectivity index (χ0) is 11.8. The van der Waals surface area contributed by atoms with Gasteiger partial charge in [0.25, 0.3) is 5.91 Å². The lowest BCUT2D eigenvalue weighted by molar-refractivity contribution is -0.122. The van der Waals surface area contributed by atoms with Crippen molar-refractivity contribution >= 4 is 17.3 Å². The molecule has 0 saturated heterocycles. The molecule has 0 atom stereocenters. The number of hydrogen-bond donors (Lipinski definition) is 1. The second-order valence-corrected chi connectivity index (χ2v) is 4.72. The van der Waals surface area contributed by atoms with Gasteiger partial charge in [0.2, 0.25) is 0 Å². The summed E-state index contributed by atoms with van der Waals surface area (Å²) in [5.41, 5.74) is 1.53. The first-order valence-corrected chi connectivity index (χ1v) is 5.75. The van der Waals surface area contributed by atoms with Crippen molar-refractivity contribution < 1.29 is 4.79 Å². The summed E-state index contributed by atoms with van der Waals surface area (Å²) in [6.07, 6.45) is 0.968. The Bertz CT molecular complexity index is 412. The quantitative estimate of drug-likeness (QED) is 0.827. The molecular formula is C13H18N2O. The minimum absolute atomic E-state index is 0.146. The molecule has 1 amide bonds. The average molecular weight is 218 g/mol. The van der Waals surface area contributed by atoms with Crippen molar-refractivity contribution in [3.05, 3.63) is 24.3 Å². The molecule has 3 nitrogen and oxygen atoms in total. The third-order valence-electron chi connectivity index (χ3n) is 2.87. The Labute approximate surface area is 96.5 Å². The molecule has 0 spiro atoms. The molecular weight excluding hydrogens is 200 g/mol. The highest BCUT2D eigenvalue weighted by Crippen LogP contribution is 2.34. The molecule has 1 aliphatic heterocycles. The molecule has 0 fully saturated rings. The first kappa shape index (κ1) is 11.0. The molecule has 0 aliphatic carbocycles. The van der Waals surface area contributed by atoms with Gasteiger partial charge in [-0.25, -0.2) is 0 Å². The Hall–Kier alpha value is -1.51. The number of amides is 1. The minimum atomic E-state index is -0.510. The van der Waals surface area contributed by atoms with E-state index in [1.165, 1.54) is 0 Å². The van der Waals surface area contributed by atoms with E-state index in [0.717, 1.165) is 24.3 Å². The van der Waals surface area contributed by atoms with Crippen LogP contribution in [0.1, 0.15) is 27.2 Å². The largest absolute Gasteiger partial charge is 0.370 e. The highest BCUT2D eigenvalue weighted by atomic mass is 16.2. The summed E-state index contributed by atoms with van der Waals surface area (Å²) in [7, 11) is 0. The molecule has 0 aromatic heterocycles. The van der Waals surface area contributed by atoms with Gasteiger partial charge in [-0.15, -0.1) is 0 Å². The maximum Gasteiger partial charge on any atom is 0.252 e. The van der Waals surface area contributed by atoms with Crippen molar-refractivity contribution in [2.45, 2.75) is 32.7 Å². The van der Waals surface area contributed by atoms with Crippen LogP contribution in [-0.2, 0) is 4.79 Å². The van der Waals surface area contributed by atoms with Gasteiger partial charge in [0, 0.05) is 6.54 Å². The lowest BCUT2D eigenvalue weighted by Gasteiger charge is -2.39. The van der Waals surface area contributed by atoms with E-state index in [1.807, 2.05) is 43.0 Å². The highest BCUT2D eigenvalue weighted by Gasteiger charge is 2.37. The Morgan fingerprint density at radius 3 is 2.69 bits per heavy atom. The molecule has 1 aromatic carbocycles. The van der Waals surface area contributed by atoms with Crippen LogP contribution in [0.15, 0.2) is 24.3 Å². The van der Waals surface area contributed by atoms with Gasteiger partial charge in [0.15, 0.2) is 0 Å². The fourth-order valence-electron chi connectivity index (χ4n) is 2.10. The molecule has 2 rings (SSSR count). The summed E-state index contributed by atoms with van der Waals surface area (Å²) in [5, 5.41) is 3.28. The first-order chi connectivity index (χ1) is 7.56. The van der Waals surface area contributed by atoms with Crippen LogP contribution in [0.4, 0.5) is 11.4 Å². The van der Waals surface area contributed by atoms with Crippen LogP contribution < -0.4 is 10.2 Å². The zero-order valence-electron chi connectivity index (χ0n) is 10.1. The molecule has 0 unspecified atom stereocenters. The molecule has 3 heteroatoms. The van der Waals surface area contributed by atoms with Crippen molar-refractivity contribution in [3.8, 4) is 0 Å². The van der Waals surface area contributed by atoms with E-state index in [0.29, 0.717) is 0 Å². The summed E-state index contributed by atoms with van der Waals surface area (Å²) in [5.74, 6) is 0.146. The van der Waals surface area contributed by atoms with Crippen molar-refractivity contribution in [2.75, 3.05) is 16.8 Å². The number of para-hydroxylation sites is 2. The lowest BCUT2D eigenvalue weighted by atomic mass is 9.98. The number of carbonyl (C=O) groups is 1. The summed E-state index contributed by atoms with van der Waals surface area (Å²) in [6, 6.07) is 7.97. The van der Waals surface area contributed by atoms with Gasteiger partial charge in [-0.3, -0.25) is 4.79 Å². The van der Waals surface area contributed by atoms with Crippen molar-refractivity contribution in [3.63, 3.8) is 0 Å². The standard InChI is InChI=1S/C13H18N2O/c1-4-9-15-11-8-6-5-7-10(11)14-13(2,3)12(15)16/h5-8,14H,4,9H2,1-3H3. The van der Waals surface area contributed by atoms with Gasteiger partial charge >= 0.3 is 0 Å². The van der Waals surface area contributed by atoms with E-state index in [-0.39, 0.29) is 5.91 Å². The molecule has 0 radical (unpaired) electrons. The number of rotatable bonds is 2. The fourth-order valence-corrected chi connectivity index (χ4v) is 2.10. The number of hydrogen-bond acceptors (Lipinski definition) is 2. The van der Waals surface area contributed by atoms with Crippen LogP contribution in [0.3, 0.4) is 0 Å². The summed E-state index contributed by atoms with van der Waals surface area (Å²) < 4.78 is 0. The first-order valence-electron chi connectivity index (χ1n) is 5.75. The second kappa shape index (κ2) is 3.81. The maximum absolute atomic E-state index is 12.3. The molecule has 1 aromatic rings.